The summed E-state index contributed by atoms with van der Waals surface area (Å²) in [6.07, 6.45) is 0.850. The van der Waals surface area contributed by atoms with Crippen molar-refractivity contribution in [2.45, 2.75) is 30.6 Å². The normalized spacial score (nSPS) is 11.4. The molecule has 7 aromatic rings. The summed E-state index contributed by atoms with van der Waals surface area (Å²) in [6.45, 7) is 1.33. The molecule has 0 aliphatic carbocycles. The van der Waals surface area contributed by atoms with E-state index in [4.69, 9.17) is 27.3 Å². The third-order valence-corrected chi connectivity index (χ3v) is 8.73. The largest absolute Gasteiger partial charge is 0.465 e. The number of hydrogen-bond acceptors (Lipinski definition) is 5. The lowest BCUT2D eigenvalue weighted by Gasteiger charge is -2.20. The molecular weight excluding hydrogens is 577 g/mol. The molecule has 0 saturated heterocycles. The number of rotatable bonds is 9. The molecule has 0 fully saturated rings. The molecule has 45 heavy (non-hydrogen) atoms. The third kappa shape index (κ3) is 5.63. The number of para-hydroxylation sites is 1. The molecule has 0 saturated carbocycles. The summed E-state index contributed by atoms with van der Waals surface area (Å²) >= 11 is 4.79. The molecule has 222 valence electrons. The molecule has 6 nitrogen and oxygen atoms in total. The second kappa shape index (κ2) is 12.5. The Morgan fingerprint density at radius 2 is 1.42 bits per heavy atom. The van der Waals surface area contributed by atoms with Gasteiger partial charge in [-0.25, -0.2) is 14.8 Å². The molecule has 0 N–H and O–H groups in total. The molecule has 0 radical (unpaired) electrons. The van der Waals surface area contributed by atoms with E-state index in [0.717, 1.165) is 45.4 Å². The number of carbonyl (C=O) groups excluding carboxylic acids is 1. The number of aromatic nitrogens is 4. The van der Waals surface area contributed by atoms with E-state index in [1.165, 1.54) is 18.2 Å². The second-order valence-corrected chi connectivity index (χ2v) is 11.5. The van der Waals surface area contributed by atoms with Crippen LogP contribution in [-0.2, 0) is 17.8 Å². The minimum absolute atomic E-state index is 0.190. The summed E-state index contributed by atoms with van der Waals surface area (Å²) in [6, 6.07) is 43.4. The Balaban J connectivity index is 1.38. The highest BCUT2D eigenvalue weighted by atomic mass is 32.1. The highest BCUT2D eigenvalue weighted by Crippen LogP contribution is 2.35. The van der Waals surface area contributed by atoms with Gasteiger partial charge < -0.3 is 13.9 Å². The molecule has 2 aromatic heterocycles. The first-order valence-corrected chi connectivity index (χ1v) is 15.5. The van der Waals surface area contributed by atoms with Crippen LogP contribution in [0.15, 0.2) is 133 Å². The summed E-state index contributed by atoms with van der Waals surface area (Å²) in [5.74, 6) is 0.625. The smallest absolute Gasteiger partial charge is 0.337 e. The Morgan fingerprint density at radius 1 is 0.756 bits per heavy atom. The van der Waals surface area contributed by atoms with Crippen LogP contribution in [0.5, 0.6) is 0 Å². The van der Waals surface area contributed by atoms with Crippen molar-refractivity contribution < 1.29 is 9.53 Å². The average molecular weight is 609 g/mol. The van der Waals surface area contributed by atoms with Crippen LogP contribution in [0.2, 0.25) is 0 Å². The summed E-state index contributed by atoms with van der Waals surface area (Å²) in [7, 11) is 1.40. The van der Waals surface area contributed by atoms with Gasteiger partial charge >= 0.3 is 5.97 Å². The number of nitrogens with zero attached hydrogens (tertiary/aromatic N) is 4. The van der Waals surface area contributed by atoms with Gasteiger partial charge in [-0.3, -0.25) is 0 Å². The van der Waals surface area contributed by atoms with E-state index in [1.807, 2.05) is 48.5 Å². The molecule has 0 spiro atoms. The van der Waals surface area contributed by atoms with Gasteiger partial charge in [0.25, 0.3) is 0 Å². The third-order valence-electron chi connectivity index (χ3n) is 8.39. The Hall–Kier alpha value is -5.14. The van der Waals surface area contributed by atoms with Gasteiger partial charge in [-0.05, 0) is 53.4 Å². The molecule has 0 aliphatic rings. The Kier molecular flexibility index (Phi) is 7.92. The fourth-order valence-corrected chi connectivity index (χ4v) is 6.51. The minimum atomic E-state index is -0.385. The minimum Gasteiger partial charge on any atom is -0.465 e. The predicted molar refractivity (Wildman–Crippen MR) is 182 cm³/mol. The number of esters is 1. The van der Waals surface area contributed by atoms with Crippen molar-refractivity contribution >= 4 is 40.7 Å². The van der Waals surface area contributed by atoms with E-state index in [0.29, 0.717) is 23.8 Å². The second-order valence-electron chi connectivity index (χ2n) is 11.1. The SMILES string of the molecule is COC(=O)c1ccc2c(c1)nc(-c1cccc3nc(S)n(Cc4ccccc4)c13)n2CCC(c1ccccc1)c1ccccc1. The highest BCUT2D eigenvalue weighted by molar-refractivity contribution is 7.80. The van der Waals surface area contributed by atoms with E-state index < -0.39 is 0 Å². The van der Waals surface area contributed by atoms with Crippen molar-refractivity contribution in [3.63, 3.8) is 0 Å². The van der Waals surface area contributed by atoms with Crippen LogP contribution in [0.25, 0.3) is 33.5 Å². The molecular formula is C38H32N4O2S. The van der Waals surface area contributed by atoms with Gasteiger partial charge in [-0.1, -0.05) is 97.1 Å². The van der Waals surface area contributed by atoms with E-state index >= 15 is 0 Å². The van der Waals surface area contributed by atoms with Crippen molar-refractivity contribution in [1.82, 2.24) is 19.1 Å². The lowest BCUT2D eigenvalue weighted by Crippen LogP contribution is -2.09. The van der Waals surface area contributed by atoms with E-state index in [9.17, 15) is 4.79 Å². The number of hydrogen-bond donors (Lipinski definition) is 1. The zero-order valence-corrected chi connectivity index (χ0v) is 25.8. The van der Waals surface area contributed by atoms with Gasteiger partial charge in [0.15, 0.2) is 5.16 Å². The molecule has 0 atom stereocenters. The van der Waals surface area contributed by atoms with Crippen molar-refractivity contribution in [2.24, 2.45) is 0 Å². The standard InChI is InChI=1S/C38H32N4O2S/c1-44-37(43)29-20-21-34-33(24-29)39-36(41(34)23-22-30(27-14-7-3-8-15-27)28-16-9-4-10-17-28)31-18-11-19-32-35(31)42(38(45)40-32)25-26-12-5-2-6-13-26/h2-21,24,30H,22-23,25H2,1H3,(H,40,45). The van der Waals surface area contributed by atoms with Crippen molar-refractivity contribution in [1.29, 1.82) is 0 Å². The highest BCUT2D eigenvalue weighted by Gasteiger charge is 2.22. The summed E-state index contributed by atoms with van der Waals surface area (Å²) in [4.78, 5) is 22.5. The van der Waals surface area contributed by atoms with Crippen molar-refractivity contribution in [2.75, 3.05) is 7.11 Å². The Bertz CT molecular complexity index is 2070. The van der Waals surface area contributed by atoms with Gasteiger partial charge in [0, 0.05) is 18.0 Å². The summed E-state index contributed by atoms with van der Waals surface area (Å²) in [5, 5.41) is 0.644. The molecule has 0 unspecified atom stereocenters. The van der Waals surface area contributed by atoms with Crippen LogP contribution in [-0.4, -0.2) is 32.2 Å². The molecule has 0 bridgehead atoms. The van der Waals surface area contributed by atoms with Gasteiger partial charge in [-0.15, -0.1) is 12.6 Å². The maximum atomic E-state index is 12.5. The fraction of sp³-hybridized carbons (Fsp3) is 0.132. The van der Waals surface area contributed by atoms with E-state index in [-0.39, 0.29) is 11.9 Å². The number of aryl methyl sites for hydroxylation is 1. The number of imidazole rings is 2. The topological polar surface area (TPSA) is 61.9 Å². The molecule has 0 amide bonds. The first-order chi connectivity index (χ1) is 22.1. The van der Waals surface area contributed by atoms with Gasteiger partial charge in [-0.2, -0.15) is 0 Å². The summed E-state index contributed by atoms with van der Waals surface area (Å²) in [5.41, 5.74) is 8.64. The van der Waals surface area contributed by atoms with E-state index in [1.54, 1.807) is 0 Å². The fourth-order valence-electron chi connectivity index (χ4n) is 6.23. The quantitative estimate of drug-likeness (QED) is 0.132. The van der Waals surface area contributed by atoms with Crippen molar-refractivity contribution in [3.05, 3.63) is 150 Å². The lowest BCUT2D eigenvalue weighted by molar-refractivity contribution is 0.0601. The number of methoxy groups -OCH3 is 1. The average Bonchev–Trinajstić information content (AvgIpc) is 3.62. The van der Waals surface area contributed by atoms with Gasteiger partial charge in [0.2, 0.25) is 0 Å². The molecule has 2 heterocycles. The lowest BCUT2D eigenvalue weighted by atomic mass is 9.88. The maximum Gasteiger partial charge on any atom is 0.337 e. The number of fused-ring (bicyclic) bond motifs is 2. The molecule has 7 heteroatoms. The number of carbonyl (C=O) groups is 1. The van der Waals surface area contributed by atoms with Gasteiger partial charge in [0.1, 0.15) is 5.82 Å². The predicted octanol–water partition coefficient (Wildman–Crippen LogP) is 8.40. The zero-order valence-electron chi connectivity index (χ0n) is 24.9. The van der Waals surface area contributed by atoms with Crippen LogP contribution in [0.3, 0.4) is 0 Å². The van der Waals surface area contributed by atoms with Crippen molar-refractivity contribution in [3.8, 4) is 11.4 Å². The van der Waals surface area contributed by atoms with E-state index in [2.05, 4.69) is 88.0 Å². The first kappa shape index (κ1) is 28.6. The summed E-state index contributed by atoms with van der Waals surface area (Å²) < 4.78 is 9.45. The maximum absolute atomic E-state index is 12.5. The molecule has 0 aliphatic heterocycles. The zero-order chi connectivity index (χ0) is 30.8. The molecule has 7 rings (SSSR count). The van der Waals surface area contributed by atoms with Crippen LogP contribution < -0.4 is 0 Å². The Labute approximate surface area is 267 Å². The number of ether oxygens (including phenoxy) is 1. The number of benzene rings is 5. The Morgan fingerprint density at radius 3 is 2.09 bits per heavy atom. The molecule has 5 aromatic carbocycles. The van der Waals surface area contributed by atoms with Crippen LogP contribution in [0.1, 0.15) is 39.4 Å². The monoisotopic (exact) mass is 608 g/mol. The first-order valence-electron chi connectivity index (χ1n) is 15.0. The van der Waals surface area contributed by atoms with Crippen LogP contribution in [0, 0.1) is 0 Å². The van der Waals surface area contributed by atoms with Crippen LogP contribution in [0.4, 0.5) is 0 Å². The van der Waals surface area contributed by atoms with Gasteiger partial charge in [0.05, 0.1) is 41.3 Å². The van der Waals surface area contributed by atoms with Crippen LogP contribution >= 0.6 is 12.6 Å². The number of thiol groups is 1.